The Labute approximate surface area is 165 Å². The molecule has 0 amide bonds. The van der Waals surface area contributed by atoms with Crippen molar-refractivity contribution in [3.8, 4) is 22.5 Å². The summed E-state index contributed by atoms with van der Waals surface area (Å²) in [6.45, 7) is 2.53. The maximum absolute atomic E-state index is 11.1. The van der Waals surface area contributed by atoms with Crippen LogP contribution < -0.4 is 4.90 Å². The molecule has 28 heavy (non-hydrogen) atoms. The summed E-state index contributed by atoms with van der Waals surface area (Å²) in [5.74, 6) is 0.667. The lowest BCUT2D eigenvalue weighted by molar-refractivity contribution is 0.372. The van der Waals surface area contributed by atoms with Crippen LogP contribution in [-0.4, -0.2) is 39.5 Å². The van der Waals surface area contributed by atoms with E-state index in [-0.39, 0.29) is 6.16 Å². The molecule has 0 saturated heterocycles. The van der Waals surface area contributed by atoms with Crippen LogP contribution >= 0.6 is 7.60 Å². The zero-order valence-electron chi connectivity index (χ0n) is 16.0. The Balaban J connectivity index is 1.94. The third-order valence-electron chi connectivity index (χ3n) is 4.47. The molecule has 0 spiro atoms. The highest BCUT2D eigenvalue weighted by atomic mass is 31.2. The standard InChI is InChI=1S/C21H24N3O3P/c1-16-9-11-18(12-10-16)20-21(17-7-4-3-5-8-17)23-19(15-22-20)24(2)13-6-14-28(25,26)27/h3-5,7-12,15H,6,13-14H2,1-2H3,(H2,25,26,27). The molecule has 0 aliphatic rings. The SMILES string of the molecule is Cc1ccc(-c2ncc(N(C)CCCP(=O)(O)O)nc2-c2ccccc2)cc1. The zero-order chi connectivity index (χ0) is 20.1. The van der Waals surface area contributed by atoms with Gasteiger partial charge in [-0.3, -0.25) is 9.55 Å². The van der Waals surface area contributed by atoms with Gasteiger partial charge in [-0.2, -0.15) is 0 Å². The molecule has 0 unspecified atom stereocenters. The zero-order valence-corrected chi connectivity index (χ0v) is 16.9. The second kappa shape index (κ2) is 8.65. The highest BCUT2D eigenvalue weighted by Gasteiger charge is 2.16. The Kier molecular flexibility index (Phi) is 6.25. The minimum Gasteiger partial charge on any atom is -0.358 e. The summed E-state index contributed by atoms with van der Waals surface area (Å²) in [4.78, 5) is 29.5. The molecule has 1 aromatic heterocycles. The monoisotopic (exact) mass is 397 g/mol. The van der Waals surface area contributed by atoms with Gasteiger partial charge in [0.15, 0.2) is 0 Å². The lowest BCUT2D eigenvalue weighted by Crippen LogP contribution is -2.21. The molecular formula is C21H24N3O3P. The smallest absolute Gasteiger partial charge is 0.325 e. The van der Waals surface area contributed by atoms with Crippen molar-refractivity contribution in [2.45, 2.75) is 13.3 Å². The normalized spacial score (nSPS) is 11.4. The average Bonchev–Trinajstić information content (AvgIpc) is 2.68. The van der Waals surface area contributed by atoms with Crippen molar-refractivity contribution < 1.29 is 14.4 Å². The minimum atomic E-state index is -3.99. The molecular weight excluding hydrogens is 373 g/mol. The topological polar surface area (TPSA) is 86.6 Å². The first-order valence-electron chi connectivity index (χ1n) is 9.09. The molecule has 2 aromatic carbocycles. The summed E-state index contributed by atoms with van der Waals surface area (Å²) >= 11 is 0. The molecule has 0 aliphatic carbocycles. The second-order valence-electron chi connectivity index (χ2n) is 6.82. The summed E-state index contributed by atoms with van der Waals surface area (Å²) < 4.78 is 11.1. The molecule has 0 fully saturated rings. The number of anilines is 1. The van der Waals surface area contributed by atoms with E-state index in [2.05, 4.69) is 4.98 Å². The van der Waals surface area contributed by atoms with Crippen molar-refractivity contribution in [2.24, 2.45) is 0 Å². The molecule has 0 radical (unpaired) electrons. The van der Waals surface area contributed by atoms with Gasteiger partial charge in [0, 0.05) is 24.7 Å². The lowest BCUT2D eigenvalue weighted by atomic mass is 10.0. The van der Waals surface area contributed by atoms with E-state index in [1.54, 1.807) is 6.20 Å². The van der Waals surface area contributed by atoms with Crippen LogP contribution in [0, 0.1) is 6.92 Å². The first-order valence-corrected chi connectivity index (χ1v) is 10.9. The van der Waals surface area contributed by atoms with E-state index in [9.17, 15) is 4.57 Å². The summed E-state index contributed by atoms with van der Waals surface area (Å²) in [7, 11) is -2.13. The Morgan fingerprint density at radius 2 is 1.61 bits per heavy atom. The molecule has 0 saturated carbocycles. The summed E-state index contributed by atoms with van der Waals surface area (Å²) in [5, 5.41) is 0. The molecule has 3 aromatic rings. The van der Waals surface area contributed by atoms with Crippen LogP contribution in [0.25, 0.3) is 22.5 Å². The molecule has 0 bridgehead atoms. The van der Waals surface area contributed by atoms with Gasteiger partial charge in [0.25, 0.3) is 0 Å². The number of hydrogen-bond donors (Lipinski definition) is 2. The highest BCUT2D eigenvalue weighted by molar-refractivity contribution is 7.51. The molecule has 3 rings (SSSR count). The van der Waals surface area contributed by atoms with Gasteiger partial charge in [0.1, 0.15) is 5.82 Å². The van der Waals surface area contributed by atoms with Crippen molar-refractivity contribution in [1.29, 1.82) is 0 Å². The van der Waals surface area contributed by atoms with E-state index in [0.29, 0.717) is 18.8 Å². The van der Waals surface area contributed by atoms with E-state index in [1.807, 2.05) is 73.5 Å². The van der Waals surface area contributed by atoms with E-state index in [1.165, 1.54) is 5.56 Å². The second-order valence-corrected chi connectivity index (χ2v) is 8.60. The Morgan fingerprint density at radius 3 is 2.25 bits per heavy atom. The summed E-state index contributed by atoms with van der Waals surface area (Å²) in [6.07, 6.45) is 1.94. The Bertz CT molecular complexity index is 972. The van der Waals surface area contributed by atoms with Gasteiger partial charge in [-0.15, -0.1) is 0 Å². The quantitative estimate of drug-likeness (QED) is 0.583. The van der Waals surface area contributed by atoms with Crippen LogP contribution in [0.15, 0.2) is 60.8 Å². The summed E-state index contributed by atoms with van der Waals surface area (Å²) in [6, 6.07) is 18.1. The summed E-state index contributed by atoms with van der Waals surface area (Å²) in [5.41, 5.74) is 4.73. The first kappa shape index (κ1) is 20.2. The average molecular weight is 397 g/mol. The highest BCUT2D eigenvalue weighted by Crippen LogP contribution is 2.35. The van der Waals surface area contributed by atoms with Crippen LogP contribution in [0.5, 0.6) is 0 Å². The largest absolute Gasteiger partial charge is 0.358 e. The maximum atomic E-state index is 11.1. The first-order chi connectivity index (χ1) is 13.3. The Morgan fingerprint density at radius 1 is 0.964 bits per heavy atom. The lowest BCUT2D eigenvalue weighted by Gasteiger charge is -2.20. The number of rotatable bonds is 7. The van der Waals surface area contributed by atoms with E-state index in [0.717, 1.165) is 22.5 Å². The van der Waals surface area contributed by atoms with Crippen LogP contribution in [0.1, 0.15) is 12.0 Å². The van der Waals surface area contributed by atoms with Crippen LogP contribution in [0.4, 0.5) is 5.82 Å². The van der Waals surface area contributed by atoms with Crippen molar-refractivity contribution >= 4 is 13.4 Å². The van der Waals surface area contributed by atoms with Crippen molar-refractivity contribution in [1.82, 2.24) is 9.97 Å². The van der Waals surface area contributed by atoms with Crippen molar-refractivity contribution in [2.75, 3.05) is 24.7 Å². The third kappa shape index (κ3) is 5.26. The van der Waals surface area contributed by atoms with Gasteiger partial charge >= 0.3 is 7.60 Å². The van der Waals surface area contributed by atoms with Crippen LogP contribution in [0.3, 0.4) is 0 Å². The Hall–Kier alpha value is -2.53. The molecule has 1 heterocycles. The van der Waals surface area contributed by atoms with Gasteiger partial charge in [-0.05, 0) is 13.3 Å². The number of nitrogens with zero attached hydrogens (tertiary/aromatic N) is 3. The van der Waals surface area contributed by atoms with E-state index >= 15 is 0 Å². The van der Waals surface area contributed by atoms with E-state index < -0.39 is 7.60 Å². The van der Waals surface area contributed by atoms with Crippen LogP contribution in [0.2, 0.25) is 0 Å². The third-order valence-corrected chi connectivity index (χ3v) is 5.36. The van der Waals surface area contributed by atoms with Crippen molar-refractivity contribution in [3.63, 3.8) is 0 Å². The van der Waals surface area contributed by atoms with Gasteiger partial charge in [-0.25, -0.2) is 4.98 Å². The van der Waals surface area contributed by atoms with Crippen molar-refractivity contribution in [3.05, 3.63) is 66.4 Å². The van der Waals surface area contributed by atoms with Gasteiger partial charge < -0.3 is 14.7 Å². The van der Waals surface area contributed by atoms with Crippen LogP contribution in [-0.2, 0) is 4.57 Å². The maximum Gasteiger partial charge on any atom is 0.325 e. The molecule has 0 atom stereocenters. The molecule has 0 aliphatic heterocycles. The minimum absolute atomic E-state index is 0.141. The number of benzene rings is 2. The molecule has 2 N–H and O–H groups in total. The predicted octanol–water partition coefficient (Wildman–Crippen LogP) is 4.12. The fourth-order valence-corrected chi connectivity index (χ4v) is 3.47. The fourth-order valence-electron chi connectivity index (χ4n) is 2.91. The molecule has 6 nitrogen and oxygen atoms in total. The molecule has 7 heteroatoms. The fraction of sp³-hybridized carbons (Fsp3) is 0.238. The van der Waals surface area contributed by atoms with Gasteiger partial charge in [-0.1, -0.05) is 60.2 Å². The number of aromatic nitrogens is 2. The van der Waals surface area contributed by atoms with Gasteiger partial charge in [0.05, 0.1) is 23.7 Å². The molecule has 146 valence electrons. The number of hydrogen-bond acceptors (Lipinski definition) is 4. The van der Waals surface area contributed by atoms with E-state index in [4.69, 9.17) is 14.8 Å². The van der Waals surface area contributed by atoms with Gasteiger partial charge in [0.2, 0.25) is 0 Å². The number of aryl methyl sites for hydroxylation is 1. The predicted molar refractivity (Wildman–Crippen MR) is 112 cm³/mol.